The molecule has 1 aliphatic rings. The van der Waals surface area contributed by atoms with Crippen molar-refractivity contribution in [2.45, 2.75) is 45.2 Å². The smallest absolute Gasteiger partial charge is 0.315 e. The van der Waals surface area contributed by atoms with Crippen molar-refractivity contribution in [3.63, 3.8) is 0 Å². The van der Waals surface area contributed by atoms with Crippen LogP contribution in [0.25, 0.3) is 0 Å². The number of carboxylic acid groups (broad SMARTS) is 1. The van der Waals surface area contributed by atoms with Crippen molar-refractivity contribution in [2.24, 2.45) is 5.92 Å². The van der Waals surface area contributed by atoms with Crippen LogP contribution in [0.4, 0.5) is 4.79 Å². The van der Waals surface area contributed by atoms with Gasteiger partial charge in [0.15, 0.2) is 0 Å². The van der Waals surface area contributed by atoms with Crippen LogP contribution in [0.2, 0.25) is 0 Å². The molecule has 1 fully saturated rings. The van der Waals surface area contributed by atoms with Crippen LogP contribution in [-0.2, 0) is 4.79 Å². The van der Waals surface area contributed by atoms with E-state index in [9.17, 15) is 9.59 Å². The number of carboxylic acids is 1. The Kier molecular flexibility index (Phi) is 5.91. The fraction of sp³-hybridized carbons (Fsp3) is 0.833. The van der Waals surface area contributed by atoms with Gasteiger partial charge >= 0.3 is 12.0 Å². The van der Waals surface area contributed by atoms with Crippen LogP contribution in [0.3, 0.4) is 0 Å². The molecular formula is C12H23N3O3. The molecule has 4 N–H and O–H groups in total. The van der Waals surface area contributed by atoms with E-state index >= 15 is 0 Å². The van der Waals surface area contributed by atoms with E-state index in [1.165, 1.54) is 12.8 Å². The summed E-state index contributed by atoms with van der Waals surface area (Å²) in [7, 11) is 0. The lowest BCUT2D eigenvalue weighted by atomic mass is 10.0. The van der Waals surface area contributed by atoms with Crippen molar-refractivity contribution in [1.29, 1.82) is 0 Å². The number of hydrogen-bond donors (Lipinski definition) is 4. The van der Waals surface area contributed by atoms with Gasteiger partial charge in [0.1, 0.15) is 0 Å². The van der Waals surface area contributed by atoms with Gasteiger partial charge in [-0.2, -0.15) is 0 Å². The average molecular weight is 257 g/mol. The van der Waals surface area contributed by atoms with E-state index in [0.717, 1.165) is 13.0 Å². The summed E-state index contributed by atoms with van der Waals surface area (Å²) >= 11 is 0. The number of carbonyl (C=O) groups is 2. The minimum atomic E-state index is -0.906. The first kappa shape index (κ1) is 14.8. The van der Waals surface area contributed by atoms with Gasteiger partial charge in [-0.05, 0) is 39.7 Å². The number of amides is 2. The van der Waals surface area contributed by atoms with Crippen LogP contribution in [0, 0.1) is 5.92 Å². The third-order valence-corrected chi connectivity index (χ3v) is 3.15. The molecule has 0 bridgehead atoms. The average Bonchev–Trinajstić information content (AvgIpc) is 3.11. The second kappa shape index (κ2) is 7.20. The fourth-order valence-electron chi connectivity index (χ4n) is 1.48. The van der Waals surface area contributed by atoms with Crippen LogP contribution < -0.4 is 16.0 Å². The Morgan fingerprint density at radius 3 is 2.50 bits per heavy atom. The SMILES string of the molecule is CC(NC(=O)NCCCNC1CC1)C(C)C(=O)O. The topological polar surface area (TPSA) is 90.5 Å². The van der Waals surface area contributed by atoms with Crippen LogP contribution in [0.1, 0.15) is 33.1 Å². The normalized spacial score (nSPS) is 17.9. The third kappa shape index (κ3) is 5.86. The maximum Gasteiger partial charge on any atom is 0.315 e. The summed E-state index contributed by atoms with van der Waals surface area (Å²) in [5.41, 5.74) is 0. The van der Waals surface area contributed by atoms with Crippen LogP contribution in [0.15, 0.2) is 0 Å². The molecule has 2 amide bonds. The number of nitrogens with one attached hydrogen (secondary N) is 3. The van der Waals surface area contributed by atoms with E-state index in [2.05, 4.69) is 16.0 Å². The minimum Gasteiger partial charge on any atom is -0.481 e. The molecule has 2 unspecified atom stereocenters. The number of urea groups is 1. The molecule has 6 nitrogen and oxygen atoms in total. The predicted octanol–water partition coefficient (Wildman–Crippen LogP) is 0.537. The summed E-state index contributed by atoms with van der Waals surface area (Å²) in [5, 5.41) is 17.5. The third-order valence-electron chi connectivity index (χ3n) is 3.15. The van der Waals surface area contributed by atoms with Crippen LogP contribution in [-0.4, -0.2) is 42.3 Å². The van der Waals surface area contributed by atoms with Gasteiger partial charge in [-0.15, -0.1) is 0 Å². The molecule has 0 spiro atoms. The number of aliphatic carboxylic acids is 1. The summed E-state index contributed by atoms with van der Waals surface area (Å²) in [6, 6.07) is 0.00405. The van der Waals surface area contributed by atoms with E-state index in [4.69, 9.17) is 5.11 Å². The van der Waals surface area contributed by atoms with Crippen molar-refractivity contribution < 1.29 is 14.7 Å². The summed E-state index contributed by atoms with van der Waals surface area (Å²) in [4.78, 5) is 22.2. The molecule has 6 heteroatoms. The lowest BCUT2D eigenvalue weighted by Crippen LogP contribution is -2.45. The summed E-state index contributed by atoms with van der Waals surface area (Å²) < 4.78 is 0. The van der Waals surface area contributed by atoms with Gasteiger partial charge in [0.2, 0.25) is 0 Å². The van der Waals surface area contributed by atoms with E-state index < -0.39 is 11.9 Å². The maximum atomic E-state index is 11.5. The molecule has 2 atom stereocenters. The summed E-state index contributed by atoms with van der Waals surface area (Å²) in [6.07, 6.45) is 3.41. The highest BCUT2D eigenvalue weighted by molar-refractivity contribution is 5.76. The standard InChI is InChI=1S/C12H23N3O3/c1-8(11(16)17)9(2)15-12(18)14-7-3-6-13-10-4-5-10/h8-10,13H,3-7H2,1-2H3,(H,16,17)(H2,14,15,18). The van der Waals surface area contributed by atoms with Crippen LogP contribution in [0.5, 0.6) is 0 Å². The Bertz CT molecular complexity index is 292. The second-order valence-electron chi connectivity index (χ2n) is 4.90. The number of rotatable bonds is 8. The highest BCUT2D eigenvalue weighted by Crippen LogP contribution is 2.18. The largest absolute Gasteiger partial charge is 0.481 e. The molecule has 1 saturated carbocycles. The first-order valence-corrected chi connectivity index (χ1v) is 6.51. The molecule has 1 aliphatic carbocycles. The molecule has 0 aromatic heterocycles. The first-order valence-electron chi connectivity index (χ1n) is 6.51. The summed E-state index contributed by atoms with van der Waals surface area (Å²) in [6.45, 7) is 4.77. The first-order chi connectivity index (χ1) is 8.50. The van der Waals surface area contributed by atoms with Gasteiger partial charge in [0, 0.05) is 18.6 Å². The Balaban J connectivity index is 2.02. The predicted molar refractivity (Wildman–Crippen MR) is 68.4 cm³/mol. The Labute approximate surface area is 108 Å². The Morgan fingerprint density at radius 1 is 1.28 bits per heavy atom. The minimum absolute atomic E-state index is 0.304. The van der Waals surface area contributed by atoms with Gasteiger partial charge in [-0.25, -0.2) is 4.79 Å². The highest BCUT2D eigenvalue weighted by Gasteiger charge is 2.21. The molecule has 0 aromatic rings. The van der Waals surface area contributed by atoms with Crippen molar-refractivity contribution in [1.82, 2.24) is 16.0 Å². The monoisotopic (exact) mass is 257 g/mol. The quantitative estimate of drug-likeness (QED) is 0.478. The maximum absolute atomic E-state index is 11.5. The molecule has 104 valence electrons. The lowest BCUT2D eigenvalue weighted by molar-refractivity contribution is -0.141. The Morgan fingerprint density at radius 2 is 1.94 bits per heavy atom. The zero-order chi connectivity index (χ0) is 13.5. The Hall–Kier alpha value is -1.30. The van der Waals surface area contributed by atoms with Crippen molar-refractivity contribution in [3.8, 4) is 0 Å². The molecule has 0 aliphatic heterocycles. The second-order valence-corrected chi connectivity index (χ2v) is 4.90. The summed E-state index contributed by atoms with van der Waals surface area (Å²) in [5.74, 6) is -1.50. The van der Waals surface area contributed by atoms with Gasteiger partial charge in [0.05, 0.1) is 5.92 Å². The van der Waals surface area contributed by atoms with E-state index in [1.807, 2.05) is 0 Å². The van der Waals surface area contributed by atoms with Gasteiger partial charge in [0.25, 0.3) is 0 Å². The fourth-order valence-corrected chi connectivity index (χ4v) is 1.48. The van der Waals surface area contributed by atoms with Crippen molar-refractivity contribution in [3.05, 3.63) is 0 Å². The lowest BCUT2D eigenvalue weighted by Gasteiger charge is -2.18. The van der Waals surface area contributed by atoms with Gasteiger partial charge in [-0.3, -0.25) is 4.79 Å². The number of hydrogen-bond acceptors (Lipinski definition) is 3. The molecule has 18 heavy (non-hydrogen) atoms. The highest BCUT2D eigenvalue weighted by atomic mass is 16.4. The van der Waals surface area contributed by atoms with Crippen molar-refractivity contribution in [2.75, 3.05) is 13.1 Å². The molecule has 0 radical (unpaired) electrons. The van der Waals surface area contributed by atoms with E-state index in [1.54, 1.807) is 13.8 Å². The van der Waals surface area contributed by atoms with Crippen LogP contribution >= 0.6 is 0 Å². The zero-order valence-electron chi connectivity index (χ0n) is 11.0. The molecule has 0 aromatic carbocycles. The molecule has 0 heterocycles. The number of carbonyl (C=O) groups excluding carboxylic acids is 1. The van der Waals surface area contributed by atoms with Gasteiger partial charge in [-0.1, -0.05) is 0 Å². The van der Waals surface area contributed by atoms with Crippen molar-refractivity contribution >= 4 is 12.0 Å². The zero-order valence-corrected chi connectivity index (χ0v) is 11.0. The van der Waals surface area contributed by atoms with E-state index in [0.29, 0.717) is 12.6 Å². The molecular weight excluding hydrogens is 234 g/mol. The van der Waals surface area contributed by atoms with E-state index in [-0.39, 0.29) is 12.1 Å². The molecule has 1 rings (SSSR count). The van der Waals surface area contributed by atoms with Gasteiger partial charge < -0.3 is 21.1 Å². The molecule has 0 saturated heterocycles.